The van der Waals surface area contributed by atoms with Gasteiger partial charge in [0.15, 0.2) is 0 Å². The van der Waals surface area contributed by atoms with E-state index in [0.717, 1.165) is 18.0 Å². The highest BCUT2D eigenvalue weighted by molar-refractivity contribution is 7.09. The Kier molecular flexibility index (Phi) is 7.10. The van der Waals surface area contributed by atoms with Crippen molar-refractivity contribution in [2.45, 2.75) is 58.1 Å². The molecule has 0 aliphatic heterocycles. The Balaban J connectivity index is 1.53. The van der Waals surface area contributed by atoms with E-state index in [9.17, 15) is 5.11 Å². The maximum atomic E-state index is 9.96. The van der Waals surface area contributed by atoms with Gasteiger partial charge in [-0.2, -0.15) is 0 Å². The molecule has 0 amide bonds. The van der Waals surface area contributed by atoms with Gasteiger partial charge in [0.2, 0.25) is 0 Å². The van der Waals surface area contributed by atoms with E-state index in [1.165, 1.54) is 30.6 Å². The van der Waals surface area contributed by atoms with Crippen LogP contribution in [0.4, 0.5) is 0 Å². The minimum absolute atomic E-state index is 0.405. The summed E-state index contributed by atoms with van der Waals surface area (Å²) in [5.41, 5.74) is 2.96. The van der Waals surface area contributed by atoms with E-state index >= 15 is 0 Å². The monoisotopic (exact) mass is 312 g/mol. The number of aryl methyl sites for hydroxylation is 1. The molecule has 1 saturated carbocycles. The van der Waals surface area contributed by atoms with Gasteiger partial charge in [-0.25, -0.2) is 4.98 Å². The molecule has 2 rings (SSSR count). The van der Waals surface area contributed by atoms with Crippen molar-refractivity contribution < 1.29 is 9.84 Å². The van der Waals surface area contributed by atoms with Gasteiger partial charge in [-0.1, -0.05) is 12.8 Å². The molecule has 1 aliphatic carbocycles. The Hall–Kier alpha value is -0.490. The van der Waals surface area contributed by atoms with E-state index in [1.54, 1.807) is 11.3 Å². The average Bonchev–Trinajstić information content (AvgIpc) is 3.13. The van der Waals surface area contributed by atoms with Crippen molar-refractivity contribution >= 4 is 11.3 Å². The second kappa shape index (κ2) is 8.83. The van der Waals surface area contributed by atoms with Crippen LogP contribution in [0.15, 0.2) is 5.51 Å². The normalized spacial score (nSPS) is 19.0. The number of thiazole rings is 1. The van der Waals surface area contributed by atoms with Crippen LogP contribution in [0.5, 0.6) is 0 Å². The average molecular weight is 312 g/mol. The Morgan fingerprint density at radius 2 is 2.24 bits per heavy atom. The summed E-state index contributed by atoms with van der Waals surface area (Å²) in [4.78, 5) is 5.50. The van der Waals surface area contributed by atoms with Crippen LogP contribution in [-0.4, -0.2) is 42.0 Å². The van der Waals surface area contributed by atoms with E-state index < -0.39 is 6.10 Å². The Morgan fingerprint density at radius 1 is 1.48 bits per heavy atom. The summed E-state index contributed by atoms with van der Waals surface area (Å²) in [6.45, 7) is 5.93. The first-order valence-electron chi connectivity index (χ1n) is 8.05. The third kappa shape index (κ3) is 5.66. The molecule has 0 bridgehead atoms. The third-order valence-corrected chi connectivity index (χ3v) is 5.41. The third-order valence-electron chi connectivity index (χ3n) is 4.41. The van der Waals surface area contributed by atoms with E-state index in [-0.39, 0.29) is 0 Å². The smallest absolute Gasteiger partial charge is 0.0897 e. The summed E-state index contributed by atoms with van der Waals surface area (Å²) < 4.78 is 5.57. The molecule has 0 saturated heterocycles. The van der Waals surface area contributed by atoms with E-state index in [0.29, 0.717) is 25.8 Å². The van der Waals surface area contributed by atoms with Crippen molar-refractivity contribution in [1.82, 2.24) is 10.3 Å². The van der Waals surface area contributed by atoms with Crippen LogP contribution in [-0.2, 0) is 11.2 Å². The van der Waals surface area contributed by atoms with Gasteiger partial charge in [-0.3, -0.25) is 0 Å². The minimum Gasteiger partial charge on any atom is -0.389 e. The molecule has 4 nitrogen and oxygen atoms in total. The van der Waals surface area contributed by atoms with Crippen molar-refractivity contribution in [2.75, 3.05) is 19.8 Å². The lowest BCUT2D eigenvalue weighted by Gasteiger charge is -2.22. The van der Waals surface area contributed by atoms with Crippen molar-refractivity contribution in [1.29, 1.82) is 0 Å². The second-order valence-corrected chi connectivity index (χ2v) is 7.02. The van der Waals surface area contributed by atoms with Gasteiger partial charge in [0.05, 0.1) is 30.5 Å². The van der Waals surface area contributed by atoms with Gasteiger partial charge in [0, 0.05) is 23.9 Å². The van der Waals surface area contributed by atoms with E-state index in [2.05, 4.69) is 17.2 Å². The van der Waals surface area contributed by atoms with Crippen molar-refractivity contribution in [3.8, 4) is 0 Å². The number of hydrogen-bond donors (Lipinski definition) is 2. The minimum atomic E-state index is -0.420. The summed E-state index contributed by atoms with van der Waals surface area (Å²) in [5, 5.41) is 13.4. The lowest BCUT2D eigenvalue weighted by Crippen LogP contribution is -2.39. The fraction of sp³-hybridized carbons (Fsp3) is 0.812. The molecule has 120 valence electrons. The lowest BCUT2D eigenvalue weighted by atomic mass is 10.00. The first-order chi connectivity index (χ1) is 10.2. The van der Waals surface area contributed by atoms with E-state index in [4.69, 9.17) is 4.74 Å². The summed E-state index contributed by atoms with van der Waals surface area (Å²) >= 11 is 1.67. The van der Waals surface area contributed by atoms with Gasteiger partial charge in [-0.05, 0) is 32.6 Å². The highest BCUT2D eigenvalue weighted by Gasteiger charge is 2.21. The highest BCUT2D eigenvalue weighted by atomic mass is 32.1. The van der Waals surface area contributed by atoms with Gasteiger partial charge < -0.3 is 15.2 Å². The number of aromatic nitrogens is 1. The fourth-order valence-electron chi connectivity index (χ4n) is 2.96. The molecule has 1 unspecified atom stereocenters. The molecule has 0 aromatic carbocycles. The molecule has 5 heteroatoms. The Bertz CT molecular complexity index is 405. The van der Waals surface area contributed by atoms with Crippen LogP contribution in [0.3, 0.4) is 0 Å². The van der Waals surface area contributed by atoms with Crippen LogP contribution in [0.1, 0.15) is 43.2 Å². The maximum absolute atomic E-state index is 9.96. The molecule has 2 N–H and O–H groups in total. The molecule has 2 atom stereocenters. The van der Waals surface area contributed by atoms with Gasteiger partial charge in [0.25, 0.3) is 0 Å². The van der Waals surface area contributed by atoms with Gasteiger partial charge >= 0.3 is 0 Å². The Morgan fingerprint density at radius 3 is 2.90 bits per heavy atom. The molecule has 1 aromatic heterocycles. The van der Waals surface area contributed by atoms with Crippen molar-refractivity contribution in [3.05, 3.63) is 16.1 Å². The number of ether oxygens (including phenoxy) is 1. The molecular formula is C16H28N2O2S. The molecule has 1 aliphatic rings. The topological polar surface area (TPSA) is 54.4 Å². The molecule has 1 heterocycles. The molecular weight excluding hydrogens is 284 g/mol. The summed E-state index contributed by atoms with van der Waals surface area (Å²) in [6.07, 6.45) is 5.84. The predicted octanol–water partition coefficient (Wildman–Crippen LogP) is 2.54. The standard InChI is InChI=1S/C16H28N2O2S/c1-12(14-5-3-4-6-14)17-9-15(19)10-20-8-7-16-13(2)18-11-21-16/h11-12,14-15,17,19H,3-10H2,1-2H3/t12-,15?/m0/s1. The first kappa shape index (κ1) is 16.9. The largest absolute Gasteiger partial charge is 0.389 e. The van der Waals surface area contributed by atoms with Gasteiger partial charge in [-0.15, -0.1) is 11.3 Å². The molecule has 0 radical (unpaired) electrons. The number of hydrogen-bond acceptors (Lipinski definition) is 5. The van der Waals surface area contributed by atoms with Gasteiger partial charge in [0.1, 0.15) is 0 Å². The quantitative estimate of drug-likeness (QED) is 0.688. The fourth-order valence-corrected chi connectivity index (χ4v) is 3.72. The molecule has 21 heavy (non-hydrogen) atoms. The number of nitrogens with zero attached hydrogens (tertiary/aromatic N) is 1. The van der Waals surface area contributed by atoms with Crippen LogP contribution in [0, 0.1) is 12.8 Å². The first-order valence-corrected chi connectivity index (χ1v) is 8.93. The number of aliphatic hydroxyl groups is 1. The molecule has 1 fully saturated rings. The van der Waals surface area contributed by atoms with Crippen LogP contribution in [0.2, 0.25) is 0 Å². The summed E-state index contributed by atoms with van der Waals surface area (Å²) in [7, 11) is 0. The number of nitrogens with one attached hydrogen (secondary N) is 1. The summed E-state index contributed by atoms with van der Waals surface area (Å²) in [5.74, 6) is 0.785. The Labute approximate surface area is 131 Å². The van der Waals surface area contributed by atoms with Crippen LogP contribution in [0.25, 0.3) is 0 Å². The van der Waals surface area contributed by atoms with Crippen LogP contribution >= 0.6 is 11.3 Å². The second-order valence-electron chi connectivity index (χ2n) is 6.08. The SMILES string of the molecule is Cc1ncsc1CCOCC(O)CN[C@@H](C)C1CCCC1. The zero-order valence-electron chi connectivity index (χ0n) is 13.2. The van der Waals surface area contributed by atoms with Crippen molar-refractivity contribution in [2.24, 2.45) is 5.92 Å². The number of aliphatic hydroxyl groups excluding tert-OH is 1. The van der Waals surface area contributed by atoms with Crippen molar-refractivity contribution in [3.63, 3.8) is 0 Å². The maximum Gasteiger partial charge on any atom is 0.0897 e. The zero-order chi connectivity index (χ0) is 15.1. The summed E-state index contributed by atoms with van der Waals surface area (Å²) in [6, 6.07) is 0.502. The number of rotatable bonds is 9. The van der Waals surface area contributed by atoms with Crippen LogP contribution < -0.4 is 5.32 Å². The molecule has 0 spiro atoms. The lowest BCUT2D eigenvalue weighted by molar-refractivity contribution is 0.0364. The predicted molar refractivity (Wildman–Crippen MR) is 86.8 cm³/mol. The zero-order valence-corrected chi connectivity index (χ0v) is 14.0. The molecule has 1 aromatic rings. The highest BCUT2D eigenvalue weighted by Crippen LogP contribution is 2.27. The van der Waals surface area contributed by atoms with E-state index in [1.807, 2.05) is 12.4 Å².